The van der Waals surface area contributed by atoms with E-state index in [-0.39, 0.29) is 13.0 Å². The van der Waals surface area contributed by atoms with E-state index in [1.165, 1.54) is 0 Å². The number of aliphatic carboxylic acids is 1. The molecule has 1 aromatic rings. The maximum Gasteiger partial charge on any atom is 0.307 e. The van der Waals surface area contributed by atoms with E-state index in [2.05, 4.69) is 0 Å². The molecule has 0 saturated carbocycles. The lowest BCUT2D eigenvalue weighted by Crippen LogP contribution is -2.17. The molecule has 0 fully saturated rings. The Morgan fingerprint density at radius 1 is 1.47 bits per heavy atom. The van der Waals surface area contributed by atoms with Crippen molar-refractivity contribution in [3.63, 3.8) is 0 Å². The molecular weight excluding hydrogens is 196 g/mol. The zero-order chi connectivity index (χ0) is 11.3. The lowest BCUT2D eigenvalue weighted by molar-refractivity contribution is -0.138. The second-order valence-electron chi connectivity index (χ2n) is 3.29. The summed E-state index contributed by atoms with van der Waals surface area (Å²) in [6.45, 7) is 1.57. The molecule has 4 heteroatoms. The van der Waals surface area contributed by atoms with Crippen LogP contribution in [0.4, 0.5) is 0 Å². The minimum absolute atomic E-state index is 0.0558. The summed E-state index contributed by atoms with van der Waals surface area (Å²) in [7, 11) is 0. The van der Waals surface area contributed by atoms with Gasteiger partial charge in [-0.1, -0.05) is 18.2 Å². The number of ether oxygens (including phenoxy) is 1. The van der Waals surface area contributed by atoms with Crippen molar-refractivity contribution >= 4 is 5.97 Å². The molecule has 0 radical (unpaired) electrons. The Labute approximate surface area is 88.1 Å². The fraction of sp³-hybridized carbons (Fsp3) is 0.364. The Morgan fingerprint density at radius 3 is 2.73 bits per heavy atom. The van der Waals surface area contributed by atoms with Crippen LogP contribution in [0.2, 0.25) is 0 Å². The molecule has 0 aliphatic carbocycles. The fourth-order valence-electron chi connectivity index (χ4n) is 1.25. The Balaban J connectivity index is 2.67. The van der Waals surface area contributed by atoms with Gasteiger partial charge in [-0.25, -0.2) is 0 Å². The van der Waals surface area contributed by atoms with Crippen molar-refractivity contribution in [2.24, 2.45) is 0 Å². The van der Waals surface area contributed by atoms with Crippen molar-refractivity contribution in [1.82, 2.24) is 0 Å². The SMILES string of the molecule is C[C@@H](CC(=O)O)Oc1ccccc1CO. The van der Waals surface area contributed by atoms with Crippen molar-refractivity contribution in [3.8, 4) is 5.75 Å². The molecule has 2 N–H and O–H groups in total. The lowest BCUT2D eigenvalue weighted by Gasteiger charge is -2.14. The second-order valence-corrected chi connectivity index (χ2v) is 3.29. The lowest BCUT2D eigenvalue weighted by atomic mass is 10.2. The first-order chi connectivity index (χ1) is 7.13. The average Bonchev–Trinajstić information content (AvgIpc) is 2.17. The van der Waals surface area contributed by atoms with Crippen molar-refractivity contribution in [2.75, 3.05) is 0 Å². The normalized spacial score (nSPS) is 12.1. The van der Waals surface area contributed by atoms with Gasteiger partial charge in [0.2, 0.25) is 0 Å². The highest BCUT2D eigenvalue weighted by molar-refractivity contribution is 5.67. The van der Waals surface area contributed by atoms with Gasteiger partial charge < -0.3 is 14.9 Å². The molecule has 0 bridgehead atoms. The van der Waals surface area contributed by atoms with Gasteiger partial charge in [-0.3, -0.25) is 4.79 Å². The van der Waals surface area contributed by atoms with Gasteiger partial charge in [0.25, 0.3) is 0 Å². The van der Waals surface area contributed by atoms with Crippen LogP contribution in [0.1, 0.15) is 18.9 Å². The van der Waals surface area contributed by atoms with Gasteiger partial charge in [-0.05, 0) is 13.0 Å². The van der Waals surface area contributed by atoms with Gasteiger partial charge in [0, 0.05) is 5.56 Å². The average molecular weight is 210 g/mol. The number of carboxylic acids is 1. The minimum atomic E-state index is -0.899. The van der Waals surface area contributed by atoms with E-state index in [1.54, 1.807) is 31.2 Å². The van der Waals surface area contributed by atoms with Crippen LogP contribution in [-0.2, 0) is 11.4 Å². The van der Waals surface area contributed by atoms with Gasteiger partial charge in [0.05, 0.1) is 13.0 Å². The van der Waals surface area contributed by atoms with Gasteiger partial charge in [0.15, 0.2) is 0 Å². The summed E-state index contributed by atoms with van der Waals surface area (Å²) < 4.78 is 5.41. The van der Waals surface area contributed by atoms with Crippen LogP contribution in [-0.4, -0.2) is 22.3 Å². The third kappa shape index (κ3) is 3.59. The molecule has 4 nitrogen and oxygen atoms in total. The van der Waals surface area contributed by atoms with Crippen LogP contribution >= 0.6 is 0 Å². The third-order valence-electron chi connectivity index (χ3n) is 1.93. The summed E-state index contributed by atoms with van der Waals surface area (Å²) in [6.07, 6.45) is -0.463. The molecular formula is C11H14O4. The monoisotopic (exact) mass is 210 g/mol. The van der Waals surface area contributed by atoms with E-state index in [0.717, 1.165) is 0 Å². The van der Waals surface area contributed by atoms with Gasteiger partial charge in [-0.15, -0.1) is 0 Å². The molecule has 1 rings (SSSR count). The Morgan fingerprint density at radius 2 is 2.13 bits per heavy atom. The van der Waals surface area contributed by atoms with Crippen molar-refractivity contribution in [2.45, 2.75) is 26.1 Å². The van der Waals surface area contributed by atoms with Crippen LogP contribution < -0.4 is 4.74 Å². The summed E-state index contributed by atoms with van der Waals surface area (Å²) in [5.41, 5.74) is 0.662. The molecule has 0 amide bonds. The number of aliphatic hydroxyl groups excluding tert-OH is 1. The summed E-state index contributed by atoms with van der Waals surface area (Å²) in [5, 5.41) is 17.6. The minimum Gasteiger partial charge on any atom is -0.490 e. The summed E-state index contributed by atoms with van der Waals surface area (Å²) in [6, 6.07) is 7.02. The molecule has 0 spiro atoms. The first-order valence-corrected chi connectivity index (χ1v) is 4.70. The van der Waals surface area contributed by atoms with Crippen LogP contribution in [0.3, 0.4) is 0 Å². The molecule has 0 unspecified atom stereocenters. The number of carboxylic acid groups (broad SMARTS) is 1. The largest absolute Gasteiger partial charge is 0.490 e. The van der Waals surface area contributed by atoms with E-state index >= 15 is 0 Å². The molecule has 82 valence electrons. The van der Waals surface area contributed by atoms with Crippen molar-refractivity contribution in [3.05, 3.63) is 29.8 Å². The first kappa shape index (κ1) is 11.5. The number of aliphatic hydroxyl groups is 1. The van der Waals surface area contributed by atoms with Gasteiger partial charge >= 0.3 is 5.97 Å². The van der Waals surface area contributed by atoms with Gasteiger partial charge in [0.1, 0.15) is 11.9 Å². The molecule has 0 saturated heterocycles. The van der Waals surface area contributed by atoms with Crippen LogP contribution in [0, 0.1) is 0 Å². The number of para-hydroxylation sites is 1. The Bertz CT molecular complexity index is 335. The van der Waals surface area contributed by atoms with Crippen molar-refractivity contribution < 1.29 is 19.7 Å². The van der Waals surface area contributed by atoms with Crippen molar-refractivity contribution in [1.29, 1.82) is 0 Å². The number of carbonyl (C=O) groups is 1. The Hall–Kier alpha value is -1.55. The maximum atomic E-state index is 10.4. The molecule has 1 atom stereocenters. The van der Waals surface area contributed by atoms with E-state index in [0.29, 0.717) is 11.3 Å². The number of hydrogen-bond acceptors (Lipinski definition) is 3. The smallest absolute Gasteiger partial charge is 0.307 e. The molecule has 0 heterocycles. The number of hydrogen-bond donors (Lipinski definition) is 2. The van der Waals surface area contributed by atoms with Crippen LogP contribution in [0.5, 0.6) is 5.75 Å². The molecule has 0 aromatic heterocycles. The highest BCUT2D eigenvalue weighted by Crippen LogP contribution is 2.19. The van der Waals surface area contributed by atoms with Crippen LogP contribution in [0.25, 0.3) is 0 Å². The van der Waals surface area contributed by atoms with E-state index in [4.69, 9.17) is 14.9 Å². The van der Waals surface area contributed by atoms with Gasteiger partial charge in [-0.2, -0.15) is 0 Å². The zero-order valence-corrected chi connectivity index (χ0v) is 8.51. The Kier molecular flexibility index (Phi) is 4.12. The topological polar surface area (TPSA) is 66.8 Å². The highest BCUT2D eigenvalue weighted by atomic mass is 16.5. The predicted molar refractivity (Wildman–Crippen MR) is 54.7 cm³/mol. The highest BCUT2D eigenvalue weighted by Gasteiger charge is 2.10. The number of benzene rings is 1. The summed E-state index contributed by atoms with van der Waals surface area (Å²) in [5.74, 6) is -0.363. The van der Waals surface area contributed by atoms with E-state index < -0.39 is 12.1 Å². The number of rotatable bonds is 5. The summed E-state index contributed by atoms with van der Waals surface area (Å²) in [4.78, 5) is 10.4. The maximum absolute atomic E-state index is 10.4. The van der Waals surface area contributed by atoms with E-state index in [9.17, 15) is 4.79 Å². The standard InChI is InChI=1S/C11H14O4/c1-8(6-11(13)14)15-10-5-3-2-4-9(10)7-12/h2-5,8,12H,6-7H2,1H3,(H,13,14)/t8-/m0/s1. The van der Waals surface area contributed by atoms with Crippen LogP contribution in [0.15, 0.2) is 24.3 Å². The third-order valence-corrected chi connectivity index (χ3v) is 1.93. The zero-order valence-electron chi connectivity index (χ0n) is 8.51. The quantitative estimate of drug-likeness (QED) is 0.771. The second kappa shape index (κ2) is 5.36. The first-order valence-electron chi connectivity index (χ1n) is 4.70. The molecule has 1 aromatic carbocycles. The predicted octanol–water partition coefficient (Wildman–Crippen LogP) is 1.42. The molecule has 0 aliphatic heterocycles. The summed E-state index contributed by atoms with van der Waals surface area (Å²) >= 11 is 0. The molecule has 0 aliphatic rings. The fourth-order valence-corrected chi connectivity index (χ4v) is 1.25. The molecule has 15 heavy (non-hydrogen) atoms. The van der Waals surface area contributed by atoms with E-state index in [1.807, 2.05) is 0 Å².